The van der Waals surface area contributed by atoms with Crippen LogP contribution in [0.3, 0.4) is 0 Å². The minimum Gasteiger partial charge on any atom is -0.480 e. The van der Waals surface area contributed by atoms with E-state index in [1.165, 1.54) is 5.56 Å². The van der Waals surface area contributed by atoms with E-state index in [-0.39, 0.29) is 6.04 Å². The van der Waals surface area contributed by atoms with Crippen molar-refractivity contribution in [2.24, 2.45) is 5.92 Å². The first-order valence-electron chi connectivity index (χ1n) is 6.65. The summed E-state index contributed by atoms with van der Waals surface area (Å²) in [6.07, 6.45) is 1.04. The Hall–Kier alpha value is -1.39. The lowest BCUT2D eigenvalue weighted by Gasteiger charge is -2.23. The molecule has 1 aromatic carbocycles. The van der Waals surface area contributed by atoms with E-state index in [0.29, 0.717) is 5.92 Å². The van der Waals surface area contributed by atoms with Crippen LogP contribution in [0.1, 0.15) is 31.0 Å². The predicted molar refractivity (Wildman–Crippen MR) is 77.3 cm³/mol. The molecule has 4 heteroatoms. The SMILES string of the molecule is CNC(C(=O)O)C(NC)c1ccc(CC(C)C)cc1. The Balaban J connectivity index is 2.90. The second-order valence-corrected chi connectivity index (χ2v) is 5.21. The molecule has 0 heterocycles. The summed E-state index contributed by atoms with van der Waals surface area (Å²) in [5.41, 5.74) is 2.27. The molecule has 0 aliphatic rings. The highest BCUT2D eigenvalue weighted by atomic mass is 16.4. The Labute approximate surface area is 115 Å². The molecule has 0 radical (unpaired) electrons. The molecule has 0 fully saturated rings. The van der Waals surface area contributed by atoms with Crippen LogP contribution in [0, 0.1) is 5.92 Å². The summed E-state index contributed by atoms with van der Waals surface area (Å²) in [5.74, 6) is -0.233. The third-order valence-electron chi connectivity index (χ3n) is 3.20. The molecule has 3 N–H and O–H groups in total. The van der Waals surface area contributed by atoms with Crippen LogP contribution in [0.5, 0.6) is 0 Å². The molecule has 19 heavy (non-hydrogen) atoms. The Morgan fingerprint density at radius 2 is 1.74 bits per heavy atom. The Kier molecular flexibility index (Phi) is 5.99. The van der Waals surface area contributed by atoms with Crippen LogP contribution in [0.4, 0.5) is 0 Å². The molecular weight excluding hydrogens is 240 g/mol. The summed E-state index contributed by atoms with van der Waals surface area (Å²) in [7, 11) is 3.44. The van der Waals surface area contributed by atoms with Crippen LogP contribution < -0.4 is 10.6 Å². The fourth-order valence-corrected chi connectivity index (χ4v) is 2.29. The van der Waals surface area contributed by atoms with Gasteiger partial charge in [0.25, 0.3) is 0 Å². The Morgan fingerprint density at radius 1 is 1.16 bits per heavy atom. The molecule has 0 bridgehead atoms. The third-order valence-corrected chi connectivity index (χ3v) is 3.20. The lowest BCUT2D eigenvalue weighted by Crippen LogP contribution is -2.44. The summed E-state index contributed by atoms with van der Waals surface area (Å²) in [5, 5.41) is 15.1. The average Bonchev–Trinajstić information content (AvgIpc) is 2.35. The number of rotatable bonds is 7. The van der Waals surface area contributed by atoms with E-state index in [9.17, 15) is 9.90 Å². The highest BCUT2D eigenvalue weighted by molar-refractivity contribution is 5.74. The molecule has 0 aliphatic carbocycles. The van der Waals surface area contributed by atoms with Gasteiger partial charge in [0.15, 0.2) is 0 Å². The quantitative estimate of drug-likeness (QED) is 0.703. The van der Waals surface area contributed by atoms with Crippen molar-refractivity contribution in [2.45, 2.75) is 32.4 Å². The maximum Gasteiger partial charge on any atom is 0.322 e. The van der Waals surface area contributed by atoms with Gasteiger partial charge in [0.1, 0.15) is 6.04 Å². The van der Waals surface area contributed by atoms with Gasteiger partial charge in [-0.3, -0.25) is 4.79 Å². The number of hydrogen-bond acceptors (Lipinski definition) is 3. The highest BCUT2D eigenvalue weighted by Crippen LogP contribution is 2.19. The smallest absolute Gasteiger partial charge is 0.322 e. The number of nitrogens with one attached hydrogen (secondary N) is 2. The van der Waals surface area contributed by atoms with Gasteiger partial charge >= 0.3 is 5.97 Å². The molecule has 1 aromatic rings. The zero-order valence-electron chi connectivity index (χ0n) is 12.1. The Morgan fingerprint density at radius 3 is 2.11 bits per heavy atom. The lowest BCUT2D eigenvalue weighted by molar-refractivity contribution is -0.140. The van der Waals surface area contributed by atoms with Gasteiger partial charge in [0, 0.05) is 0 Å². The molecule has 0 aromatic heterocycles. The first-order valence-corrected chi connectivity index (χ1v) is 6.65. The predicted octanol–water partition coefficient (Wildman–Crippen LogP) is 1.82. The molecule has 1 rings (SSSR count). The first-order chi connectivity index (χ1) is 8.99. The van der Waals surface area contributed by atoms with E-state index in [2.05, 4.69) is 36.6 Å². The van der Waals surface area contributed by atoms with Crippen molar-refractivity contribution < 1.29 is 9.90 Å². The summed E-state index contributed by atoms with van der Waals surface area (Å²) >= 11 is 0. The first kappa shape index (κ1) is 15.7. The number of aliphatic carboxylic acids is 1. The minimum atomic E-state index is -0.854. The van der Waals surface area contributed by atoms with E-state index in [1.54, 1.807) is 14.1 Å². The summed E-state index contributed by atoms with van der Waals surface area (Å²) in [4.78, 5) is 11.2. The van der Waals surface area contributed by atoms with E-state index in [4.69, 9.17) is 0 Å². The summed E-state index contributed by atoms with van der Waals surface area (Å²) in [6, 6.07) is 7.29. The van der Waals surface area contributed by atoms with Gasteiger partial charge in [-0.25, -0.2) is 0 Å². The second-order valence-electron chi connectivity index (χ2n) is 5.21. The molecule has 106 valence electrons. The number of carboxylic acids is 1. The minimum absolute atomic E-state index is 0.240. The van der Waals surface area contributed by atoms with Crippen LogP contribution in [0.15, 0.2) is 24.3 Å². The molecule has 2 atom stereocenters. The zero-order valence-corrected chi connectivity index (χ0v) is 12.1. The Bertz CT molecular complexity index is 401. The number of carbonyl (C=O) groups is 1. The molecule has 0 saturated carbocycles. The van der Waals surface area contributed by atoms with Crippen molar-refractivity contribution in [3.8, 4) is 0 Å². The highest BCUT2D eigenvalue weighted by Gasteiger charge is 2.26. The van der Waals surface area contributed by atoms with Gasteiger partial charge < -0.3 is 15.7 Å². The largest absolute Gasteiger partial charge is 0.480 e. The van der Waals surface area contributed by atoms with Crippen molar-refractivity contribution in [2.75, 3.05) is 14.1 Å². The fourth-order valence-electron chi connectivity index (χ4n) is 2.29. The van der Waals surface area contributed by atoms with Gasteiger partial charge in [-0.15, -0.1) is 0 Å². The number of carboxylic acid groups (broad SMARTS) is 1. The standard InChI is InChI=1S/C15H24N2O2/c1-10(2)9-11-5-7-12(8-6-11)13(16-3)14(17-4)15(18)19/h5-8,10,13-14,16-17H,9H2,1-4H3,(H,18,19). The van der Waals surface area contributed by atoms with Gasteiger partial charge in [0.05, 0.1) is 6.04 Å². The van der Waals surface area contributed by atoms with Crippen LogP contribution >= 0.6 is 0 Å². The summed E-state index contributed by atoms with van der Waals surface area (Å²) in [6.45, 7) is 4.37. The molecule has 4 nitrogen and oxygen atoms in total. The molecule has 2 unspecified atom stereocenters. The van der Waals surface area contributed by atoms with Crippen molar-refractivity contribution in [3.63, 3.8) is 0 Å². The molecule has 0 amide bonds. The average molecular weight is 264 g/mol. The fraction of sp³-hybridized carbons (Fsp3) is 0.533. The van der Waals surface area contributed by atoms with Gasteiger partial charge in [-0.2, -0.15) is 0 Å². The van der Waals surface area contributed by atoms with Gasteiger partial charge in [0.2, 0.25) is 0 Å². The van der Waals surface area contributed by atoms with Crippen LogP contribution in [0.2, 0.25) is 0 Å². The molecular formula is C15H24N2O2. The normalized spacial score (nSPS) is 14.4. The van der Waals surface area contributed by atoms with Crippen molar-refractivity contribution >= 4 is 5.97 Å². The number of likely N-dealkylation sites (N-methyl/N-ethyl adjacent to an activating group) is 2. The lowest BCUT2D eigenvalue weighted by atomic mass is 9.96. The summed E-state index contributed by atoms with van der Waals surface area (Å²) < 4.78 is 0. The molecule has 0 saturated heterocycles. The van der Waals surface area contributed by atoms with Gasteiger partial charge in [-0.05, 0) is 37.6 Å². The topological polar surface area (TPSA) is 61.4 Å². The zero-order chi connectivity index (χ0) is 14.4. The van der Waals surface area contributed by atoms with Crippen molar-refractivity contribution in [3.05, 3.63) is 35.4 Å². The van der Waals surface area contributed by atoms with E-state index in [1.807, 2.05) is 12.1 Å². The van der Waals surface area contributed by atoms with Crippen LogP contribution in [-0.2, 0) is 11.2 Å². The maximum absolute atomic E-state index is 11.2. The van der Waals surface area contributed by atoms with Crippen molar-refractivity contribution in [1.82, 2.24) is 10.6 Å². The monoisotopic (exact) mass is 264 g/mol. The second kappa shape index (κ2) is 7.26. The van der Waals surface area contributed by atoms with Crippen LogP contribution in [-0.4, -0.2) is 31.2 Å². The van der Waals surface area contributed by atoms with E-state index >= 15 is 0 Å². The number of benzene rings is 1. The van der Waals surface area contributed by atoms with E-state index in [0.717, 1.165) is 12.0 Å². The molecule has 0 aliphatic heterocycles. The van der Waals surface area contributed by atoms with Crippen LogP contribution in [0.25, 0.3) is 0 Å². The van der Waals surface area contributed by atoms with Gasteiger partial charge in [-0.1, -0.05) is 38.1 Å². The maximum atomic E-state index is 11.2. The molecule has 0 spiro atoms. The third kappa shape index (κ3) is 4.33. The van der Waals surface area contributed by atoms with E-state index < -0.39 is 12.0 Å². The van der Waals surface area contributed by atoms with Crippen molar-refractivity contribution in [1.29, 1.82) is 0 Å². The number of hydrogen-bond donors (Lipinski definition) is 3.